The highest BCUT2D eigenvalue weighted by molar-refractivity contribution is 5.88. The van der Waals surface area contributed by atoms with Crippen LogP contribution in [0.5, 0.6) is 0 Å². The number of methoxy groups -OCH3 is 1. The zero-order valence-electron chi connectivity index (χ0n) is 13.8. The summed E-state index contributed by atoms with van der Waals surface area (Å²) in [7, 11) is 1.37. The van der Waals surface area contributed by atoms with Crippen molar-refractivity contribution in [1.29, 1.82) is 0 Å². The SMILES string of the molecule is CCCC1(C(=O)NC(C(=O)OC)C(C)CC)CCNCC1. The van der Waals surface area contributed by atoms with E-state index in [-0.39, 0.29) is 23.2 Å². The first-order valence-corrected chi connectivity index (χ1v) is 8.10. The first-order valence-electron chi connectivity index (χ1n) is 8.10. The van der Waals surface area contributed by atoms with Crippen LogP contribution >= 0.6 is 0 Å². The normalized spacial score (nSPS) is 20.4. The molecule has 2 unspecified atom stereocenters. The lowest BCUT2D eigenvalue weighted by molar-refractivity contribution is -0.148. The lowest BCUT2D eigenvalue weighted by Gasteiger charge is -2.37. The lowest BCUT2D eigenvalue weighted by atomic mass is 9.74. The molecule has 5 nitrogen and oxygen atoms in total. The van der Waals surface area contributed by atoms with Gasteiger partial charge in [0.1, 0.15) is 6.04 Å². The average molecular weight is 298 g/mol. The number of piperidine rings is 1. The Morgan fingerprint density at radius 1 is 1.29 bits per heavy atom. The standard InChI is InChI=1S/C16H30N2O3/c1-5-7-16(8-10-17-11-9-16)15(20)18-13(12(3)6-2)14(19)21-4/h12-13,17H,5-11H2,1-4H3,(H,18,20). The van der Waals surface area contributed by atoms with E-state index >= 15 is 0 Å². The van der Waals surface area contributed by atoms with Gasteiger partial charge in [0, 0.05) is 0 Å². The van der Waals surface area contributed by atoms with E-state index in [1.54, 1.807) is 0 Å². The summed E-state index contributed by atoms with van der Waals surface area (Å²) in [6, 6.07) is -0.545. The zero-order chi connectivity index (χ0) is 15.9. The summed E-state index contributed by atoms with van der Waals surface area (Å²) in [5.74, 6) is -0.262. The summed E-state index contributed by atoms with van der Waals surface area (Å²) in [5.41, 5.74) is -0.334. The van der Waals surface area contributed by atoms with Crippen molar-refractivity contribution in [1.82, 2.24) is 10.6 Å². The predicted molar refractivity (Wildman–Crippen MR) is 82.8 cm³/mol. The fourth-order valence-corrected chi connectivity index (χ4v) is 3.06. The van der Waals surface area contributed by atoms with Gasteiger partial charge >= 0.3 is 5.97 Å². The van der Waals surface area contributed by atoms with Crippen LogP contribution in [0.4, 0.5) is 0 Å². The second kappa shape index (κ2) is 8.37. The molecule has 1 rings (SSSR count). The Bertz CT molecular complexity index is 346. The number of hydrogen-bond donors (Lipinski definition) is 2. The number of esters is 1. The number of nitrogens with one attached hydrogen (secondary N) is 2. The maximum atomic E-state index is 12.8. The first-order chi connectivity index (χ1) is 10.0. The third kappa shape index (κ3) is 4.43. The van der Waals surface area contributed by atoms with E-state index in [0.29, 0.717) is 0 Å². The van der Waals surface area contributed by atoms with Crippen molar-refractivity contribution >= 4 is 11.9 Å². The van der Waals surface area contributed by atoms with Crippen molar-refractivity contribution in [2.45, 2.75) is 58.9 Å². The molecule has 2 N–H and O–H groups in total. The summed E-state index contributed by atoms with van der Waals surface area (Å²) in [6.45, 7) is 7.80. The molecule has 0 radical (unpaired) electrons. The third-order valence-corrected chi connectivity index (χ3v) is 4.73. The van der Waals surface area contributed by atoms with Gasteiger partial charge in [-0.05, 0) is 38.3 Å². The van der Waals surface area contributed by atoms with Crippen molar-refractivity contribution < 1.29 is 14.3 Å². The summed E-state index contributed by atoms with van der Waals surface area (Å²) in [5, 5.41) is 6.27. The van der Waals surface area contributed by atoms with E-state index in [9.17, 15) is 9.59 Å². The molecule has 0 aliphatic carbocycles. The minimum Gasteiger partial charge on any atom is -0.467 e. The number of carbonyl (C=O) groups is 2. The Morgan fingerprint density at radius 3 is 2.38 bits per heavy atom. The van der Waals surface area contributed by atoms with Crippen molar-refractivity contribution in [2.24, 2.45) is 11.3 Å². The number of hydrogen-bond acceptors (Lipinski definition) is 4. The van der Waals surface area contributed by atoms with Gasteiger partial charge in [-0.15, -0.1) is 0 Å². The highest BCUT2D eigenvalue weighted by atomic mass is 16.5. The van der Waals surface area contributed by atoms with Crippen LogP contribution in [0.2, 0.25) is 0 Å². The molecule has 0 aromatic heterocycles. The molecule has 0 aromatic carbocycles. The van der Waals surface area contributed by atoms with Gasteiger partial charge in [-0.1, -0.05) is 33.6 Å². The van der Waals surface area contributed by atoms with E-state index in [4.69, 9.17) is 4.74 Å². The molecule has 0 aromatic rings. The maximum absolute atomic E-state index is 12.8. The van der Waals surface area contributed by atoms with Crippen LogP contribution in [0.25, 0.3) is 0 Å². The lowest BCUT2D eigenvalue weighted by Crippen LogP contribution is -2.54. The van der Waals surface area contributed by atoms with Gasteiger partial charge in [0.05, 0.1) is 12.5 Å². The molecule has 1 heterocycles. The fourth-order valence-electron chi connectivity index (χ4n) is 3.06. The van der Waals surface area contributed by atoms with Crippen LogP contribution < -0.4 is 10.6 Å². The molecule has 1 saturated heterocycles. The number of ether oxygens (including phenoxy) is 1. The largest absolute Gasteiger partial charge is 0.467 e. The summed E-state index contributed by atoms with van der Waals surface area (Å²) in [6.07, 6.45) is 4.33. The number of carbonyl (C=O) groups excluding carboxylic acids is 2. The predicted octanol–water partition coefficient (Wildman–Crippen LogP) is 1.86. The fraction of sp³-hybridized carbons (Fsp3) is 0.875. The van der Waals surface area contributed by atoms with Gasteiger partial charge < -0.3 is 15.4 Å². The Kier molecular flexibility index (Phi) is 7.15. The Labute approximate surface area is 128 Å². The highest BCUT2D eigenvalue weighted by Gasteiger charge is 2.40. The second-order valence-electron chi connectivity index (χ2n) is 6.14. The van der Waals surface area contributed by atoms with E-state index in [1.807, 2.05) is 13.8 Å². The molecule has 1 amide bonds. The third-order valence-electron chi connectivity index (χ3n) is 4.73. The van der Waals surface area contributed by atoms with Crippen LogP contribution in [0.15, 0.2) is 0 Å². The van der Waals surface area contributed by atoms with Crippen molar-refractivity contribution in [2.75, 3.05) is 20.2 Å². The van der Waals surface area contributed by atoms with Crippen molar-refractivity contribution in [3.8, 4) is 0 Å². The van der Waals surface area contributed by atoms with Crippen LogP contribution in [-0.4, -0.2) is 38.1 Å². The molecular formula is C16H30N2O3. The van der Waals surface area contributed by atoms with Crippen LogP contribution in [0, 0.1) is 11.3 Å². The smallest absolute Gasteiger partial charge is 0.328 e. The van der Waals surface area contributed by atoms with E-state index in [0.717, 1.165) is 45.2 Å². The summed E-state index contributed by atoms with van der Waals surface area (Å²) in [4.78, 5) is 24.8. The molecule has 5 heteroatoms. The Balaban J connectivity index is 2.84. The number of amides is 1. The van der Waals surface area contributed by atoms with Crippen LogP contribution in [0.1, 0.15) is 52.9 Å². The van der Waals surface area contributed by atoms with Crippen molar-refractivity contribution in [3.63, 3.8) is 0 Å². The molecule has 122 valence electrons. The quantitative estimate of drug-likeness (QED) is 0.704. The Morgan fingerprint density at radius 2 is 1.90 bits per heavy atom. The molecule has 1 fully saturated rings. The topological polar surface area (TPSA) is 67.4 Å². The second-order valence-corrected chi connectivity index (χ2v) is 6.14. The van der Waals surface area contributed by atoms with E-state index in [1.165, 1.54) is 7.11 Å². The zero-order valence-corrected chi connectivity index (χ0v) is 13.8. The minimum atomic E-state index is -0.545. The van der Waals surface area contributed by atoms with E-state index in [2.05, 4.69) is 17.6 Å². The van der Waals surface area contributed by atoms with Gasteiger partial charge in [-0.25, -0.2) is 4.79 Å². The molecule has 0 spiro atoms. The molecule has 1 aliphatic heterocycles. The number of rotatable bonds is 7. The highest BCUT2D eigenvalue weighted by Crippen LogP contribution is 2.34. The molecule has 0 bridgehead atoms. The Hall–Kier alpha value is -1.10. The molecule has 0 saturated carbocycles. The van der Waals surface area contributed by atoms with E-state index < -0.39 is 6.04 Å². The maximum Gasteiger partial charge on any atom is 0.328 e. The van der Waals surface area contributed by atoms with Crippen LogP contribution in [-0.2, 0) is 14.3 Å². The minimum absolute atomic E-state index is 0.0153. The monoisotopic (exact) mass is 298 g/mol. The van der Waals surface area contributed by atoms with Crippen LogP contribution in [0.3, 0.4) is 0 Å². The molecule has 1 aliphatic rings. The molecule has 21 heavy (non-hydrogen) atoms. The van der Waals surface area contributed by atoms with Gasteiger partial charge in [-0.2, -0.15) is 0 Å². The summed E-state index contributed by atoms with van der Waals surface area (Å²) < 4.78 is 4.85. The van der Waals surface area contributed by atoms with Gasteiger partial charge in [-0.3, -0.25) is 4.79 Å². The van der Waals surface area contributed by atoms with Gasteiger partial charge in [0.2, 0.25) is 5.91 Å². The average Bonchev–Trinajstić information content (AvgIpc) is 2.52. The first kappa shape index (κ1) is 18.0. The van der Waals surface area contributed by atoms with Gasteiger partial charge in [0.25, 0.3) is 0 Å². The summed E-state index contributed by atoms with van der Waals surface area (Å²) >= 11 is 0. The molecule has 2 atom stereocenters. The molecular weight excluding hydrogens is 268 g/mol. The van der Waals surface area contributed by atoms with Gasteiger partial charge in [0.15, 0.2) is 0 Å². The van der Waals surface area contributed by atoms with Crippen molar-refractivity contribution in [3.05, 3.63) is 0 Å².